The predicted molar refractivity (Wildman–Crippen MR) is 93.1 cm³/mol. The van der Waals surface area contributed by atoms with Crippen LogP contribution >= 0.6 is 0 Å². The number of hydrogen-bond donors (Lipinski definition) is 1. The molecule has 2 aliphatic rings. The van der Waals surface area contributed by atoms with E-state index in [2.05, 4.69) is 5.32 Å². The molecule has 4 rings (SSSR count). The van der Waals surface area contributed by atoms with Gasteiger partial charge in [0, 0.05) is 18.5 Å². The fourth-order valence-electron chi connectivity index (χ4n) is 2.98. The topological polar surface area (TPSA) is 67.9 Å². The minimum atomic E-state index is -0.259. The van der Waals surface area contributed by atoms with E-state index in [1.165, 1.54) is 0 Å². The van der Waals surface area contributed by atoms with Crippen LogP contribution in [0.15, 0.2) is 42.5 Å². The zero-order valence-electron chi connectivity index (χ0n) is 13.8. The molecule has 0 bridgehead atoms. The van der Waals surface area contributed by atoms with Gasteiger partial charge in [-0.3, -0.25) is 9.59 Å². The van der Waals surface area contributed by atoms with Crippen molar-refractivity contribution in [1.29, 1.82) is 0 Å². The van der Waals surface area contributed by atoms with Crippen LogP contribution in [0.4, 0.5) is 11.4 Å². The van der Waals surface area contributed by atoms with Crippen LogP contribution in [-0.2, 0) is 4.79 Å². The van der Waals surface area contributed by atoms with Gasteiger partial charge < -0.3 is 19.7 Å². The molecule has 6 heteroatoms. The highest BCUT2D eigenvalue weighted by Gasteiger charge is 2.33. The molecule has 6 nitrogen and oxygen atoms in total. The summed E-state index contributed by atoms with van der Waals surface area (Å²) in [6, 6.07) is 12.6. The molecule has 2 aromatic rings. The van der Waals surface area contributed by atoms with Gasteiger partial charge in [0.15, 0.2) is 11.5 Å². The number of carbonyl (C=O) groups is 2. The maximum atomic E-state index is 12.6. The third-order valence-electron chi connectivity index (χ3n) is 4.30. The van der Waals surface area contributed by atoms with Gasteiger partial charge >= 0.3 is 0 Å². The van der Waals surface area contributed by atoms with Crippen LogP contribution in [0.2, 0.25) is 0 Å². The van der Waals surface area contributed by atoms with E-state index in [0.29, 0.717) is 22.7 Å². The van der Waals surface area contributed by atoms with E-state index in [1.807, 2.05) is 18.2 Å². The lowest BCUT2D eigenvalue weighted by atomic mass is 10.1. The summed E-state index contributed by atoms with van der Waals surface area (Å²) in [7, 11) is 0. The monoisotopic (exact) mass is 338 g/mol. The van der Waals surface area contributed by atoms with Crippen molar-refractivity contribution in [2.75, 3.05) is 17.0 Å². The fourth-order valence-corrected chi connectivity index (χ4v) is 2.98. The molecule has 2 amide bonds. The number of nitrogens with zero attached hydrogens (tertiary/aromatic N) is 1. The zero-order chi connectivity index (χ0) is 17.4. The molecule has 1 aliphatic heterocycles. The zero-order valence-corrected chi connectivity index (χ0v) is 13.8. The summed E-state index contributed by atoms with van der Waals surface area (Å²) in [5, 5.41) is 2.91. The highest BCUT2D eigenvalue weighted by Crippen LogP contribution is 2.37. The van der Waals surface area contributed by atoms with Gasteiger partial charge in [-0.15, -0.1) is 0 Å². The van der Waals surface area contributed by atoms with Gasteiger partial charge in [-0.2, -0.15) is 0 Å². The number of rotatable bonds is 4. The van der Waals surface area contributed by atoms with E-state index in [1.54, 1.807) is 36.1 Å². The van der Waals surface area contributed by atoms with E-state index < -0.39 is 0 Å². The average molecular weight is 338 g/mol. The van der Waals surface area contributed by atoms with Crippen molar-refractivity contribution in [3.05, 3.63) is 48.0 Å². The van der Waals surface area contributed by atoms with Crippen LogP contribution in [0, 0.1) is 0 Å². The lowest BCUT2D eigenvalue weighted by Gasteiger charge is -2.23. The van der Waals surface area contributed by atoms with E-state index in [0.717, 1.165) is 18.5 Å². The Kier molecular flexibility index (Phi) is 3.80. The molecule has 25 heavy (non-hydrogen) atoms. The third kappa shape index (κ3) is 3.03. The van der Waals surface area contributed by atoms with Crippen molar-refractivity contribution in [3.8, 4) is 11.5 Å². The van der Waals surface area contributed by atoms with Gasteiger partial charge in [-0.05, 0) is 43.2 Å². The molecule has 0 atom stereocenters. The SMILES string of the molecule is CC(=O)N(c1ccccc1NC(=O)c1ccc2c(c1)OCO2)C1CC1. The number of anilines is 2. The predicted octanol–water partition coefficient (Wildman–Crippen LogP) is 3.18. The van der Waals surface area contributed by atoms with Crippen molar-refractivity contribution in [1.82, 2.24) is 0 Å². The lowest BCUT2D eigenvalue weighted by molar-refractivity contribution is -0.116. The van der Waals surface area contributed by atoms with Crippen LogP contribution in [0.5, 0.6) is 11.5 Å². The first-order chi connectivity index (χ1) is 12.1. The minimum Gasteiger partial charge on any atom is -0.454 e. The number of nitrogens with one attached hydrogen (secondary N) is 1. The molecule has 0 radical (unpaired) electrons. The molecular weight excluding hydrogens is 320 g/mol. The first kappa shape index (κ1) is 15.5. The smallest absolute Gasteiger partial charge is 0.255 e. The van der Waals surface area contributed by atoms with Crippen LogP contribution in [-0.4, -0.2) is 24.6 Å². The largest absolute Gasteiger partial charge is 0.454 e. The van der Waals surface area contributed by atoms with Gasteiger partial charge in [0.2, 0.25) is 12.7 Å². The molecule has 0 aromatic heterocycles. The first-order valence-corrected chi connectivity index (χ1v) is 8.23. The lowest BCUT2D eigenvalue weighted by Crippen LogP contribution is -2.31. The molecule has 1 heterocycles. The van der Waals surface area contributed by atoms with Gasteiger partial charge in [0.1, 0.15) is 0 Å². The Labute approximate surface area is 145 Å². The highest BCUT2D eigenvalue weighted by molar-refractivity contribution is 6.08. The van der Waals surface area contributed by atoms with Crippen LogP contribution < -0.4 is 19.7 Å². The van der Waals surface area contributed by atoms with E-state index in [4.69, 9.17) is 9.47 Å². The standard InChI is InChI=1S/C19H18N2O4/c1-12(22)21(14-7-8-14)16-5-3-2-4-15(16)20-19(23)13-6-9-17-18(10-13)25-11-24-17/h2-6,9-10,14H,7-8,11H2,1H3,(H,20,23). The second-order valence-electron chi connectivity index (χ2n) is 6.16. The van der Waals surface area contributed by atoms with E-state index in [-0.39, 0.29) is 24.6 Å². The molecule has 0 saturated heterocycles. The third-order valence-corrected chi connectivity index (χ3v) is 4.30. The Morgan fingerprint density at radius 3 is 2.60 bits per heavy atom. The quantitative estimate of drug-likeness (QED) is 0.930. The molecule has 128 valence electrons. The number of para-hydroxylation sites is 2. The molecular formula is C19H18N2O4. The Morgan fingerprint density at radius 2 is 1.84 bits per heavy atom. The van der Waals surface area contributed by atoms with Crippen LogP contribution in [0.3, 0.4) is 0 Å². The normalized spacial score (nSPS) is 14.9. The summed E-state index contributed by atoms with van der Waals surface area (Å²) in [5.74, 6) is 0.912. The summed E-state index contributed by atoms with van der Waals surface area (Å²) >= 11 is 0. The Morgan fingerprint density at radius 1 is 1.08 bits per heavy atom. The second kappa shape index (κ2) is 6.12. The van der Waals surface area contributed by atoms with Gasteiger partial charge in [-0.25, -0.2) is 0 Å². The van der Waals surface area contributed by atoms with Gasteiger partial charge in [-0.1, -0.05) is 12.1 Å². The van der Waals surface area contributed by atoms with Crippen molar-refractivity contribution in [3.63, 3.8) is 0 Å². The van der Waals surface area contributed by atoms with E-state index >= 15 is 0 Å². The molecule has 1 saturated carbocycles. The number of ether oxygens (including phenoxy) is 2. The Hall–Kier alpha value is -3.02. The van der Waals surface area contributed by atoms with Crippen molar-refractivity contribution in [2.24, 2.45) is 0 Å². The van der Waals surface area contributed by atoms with Crippen molar-refractivity contribution in [2.45, 2.75) is 25.8 Å². The van der Waals surface area contributed by atoms with Gasteiger partial charge in [0.25, 0.3) is 5.91 Å². The number of hydrogen-bond acceptors (Lipinski definition) is 4. The highest BCUT2D eigenvalue weighted by atomic mass is 16.7. The van der Waals surface area contributed by atoms with Crippen molar-refractivity contribution >= 4 is 23.2 Å². The summed E-state index contributed by atoms with van der Waals surface area (Å²) < 4.78 is 10.6. The number of fused-ring (bicyclic) bond motifs is 1. The Bertz CT molecular complexity index is 845. The number of benzene rings is 2. The summed E-state index contributed by atoms with van der Waals surface area (Å²) in [6.45, 7) is 1.72. The molecule has 2 aromatic carbocycles. The van der Waals surface area contributed by atoms with Crippen molar-refractivity contribution < 1.29 is 19.1 Å². The molecule has 0 unspecified atom stereocenters. The molecule has 1 aliphatic carbocycles. The summed E-state index contributed by atoms with van der Waals surface area (Å²) in [4.78, 5) is 26.4. The number of carbonyl (C=O) groups excluding carboxylic acids is 2. The maximum absolute atomic E-state index is 12.6. The van der Waals surface area contributed by atoms with Crippen LogP contribution in [0.25, 0.3) is 0 Å². The fraction of sp³-hybridized carbons (Fsp3) is 0.263. The number of amides is 2. The molecule has 1 N–H and O–H groups in total. The molecule has 0 spiro atoms. The average Bonchev–Trinajstić information content (AvgIpc) is 3.31. The molecule has 1 fully saturated rings. The maximum Gasteiger partial charge on any atom is 0.255 e. The summed E-state index contributed by atoms with van der Waals surface area (Å²) in [5.41, 5.74) is 1.82. The van der Waals surface area contributed by atoms with Crippen LogP contribution in [0.1, 0.15) is 30.1 Å². The van der Waals surface area contributed by atoms with Gasteiger partial charge in [0.05, 0.1) is 11.4 Å². The van der Waals surface area contributed by atoms with E-state index in [9.17, 15) is 9.59 Å². The second-order valence-corrected chi connectivity index (χ2v) is 6.16. The Balaban J connectivity index is 1.60. The summed E-state index contributed by atoms with van der Waals surface area (Å²) in [6.07, 6.45) is 1.98. The minimum absolute atomic E-state index is 0.0210. The first-order valence-electron chi connectivity index (χ1n) is 8.23.